The van der Waals surface area contributed by atoms with Gasteiger partial charge in [-0.25, -0.2) is 0 Å². The number of amides is 2. The summed E-state index contributed by atoms with van der Waals surface area (Å²) in [6.45, 7) is 6.34. The number of carbonyl (C=O) groups is 2. The summed E-state index contributed by atoms with van der Waals surface area (Å²) < 4.78 is 0. The summed E-state index contributed by atoms with van der Waals surface area (Å²) in [5.41, 5.74) is 1.96. The van der Waals surface area contributed by atoms with Crippen LogP contribution in [0.1, 0.15) is 33.1 Å². The molecule has 5 heteroatoms. The molecule has 2 aliphatic heterocycles. The van der Waals surface area contributed by atoms with Crippen LogP contribution < -0.4 is 10.2 Å². The van der Waals surface area contributed by atoms with E-state index in [2.05, 4.69) is 19.2 Å². The van der Waals surface area contributed by atoms with E-state index in [1.807, 2.05) is 34.1 Å². The molecule has 2 heterocycles. The van der Waals surface area contributed by atoms with Crippen LogP contribution in [0.5, 0.6) is 0 Å². The molecule has 1 atom stereocenters. The average molecular weight is 315 g/mol. The standard InChI is InChI=1S/C18H25N3O2/c1-13(2)15-12-21(16-7-4-3-6-14(16)19-15)18(23)9-11-20-10-5-8-17(20)22/h3-4,6-7,13,15,19H,5,8-12H2,1-2H3. The fourth-order valence-corrected chi connectivity index (χ4v) is 3.29. The fourth-order valence-electron chi connectivity index (χ4n) is 3.29. The number of nitrogens with one attached hydrogen (secondary N) is 1. The zero-order valence-electron chi connectivity index (χ0n) is 13.9. The Bertz CT molecular complexity index is 600. The van der Waals surface area contributed by atoms with Gasteiger partial charge in [0.15, 0.2) is 0 Å². The maximum absolute atomic E-state index is 12.8. The predicted octanol–water partition coefficient (Wildman–Crippen LogP) is 2.48. The van der Waals surface area contributed by atoms with Crippen LogP contribution in [-0.2, 0) is 9.59 Å². The smallest absolute Gasteiger partial charge is 0.228 e. The number of nitrogens with zero attached hydrogens (tertiary/aromatic N) is 2. The van der Waals surface area contributed by atoms with Crippen LogP contribution in [0.2, 0.25) is 0 Å². The molecule has 1 saturated heterocycles. The van der Waals surface area contributed by atoms with Crippen molar-refractivity contribution in [1.29, 1.82) is 0 Å². The number of benzene rings is 1. The van der Waals surface area contributed by atoms with Crippen LogP contribution >= 0.6 is 0 Å². The summed E-state index contributed by atoms with van der Waals surface area (Å²) in [6.07, 6.45) is 1.93. The van der Waals surface area contributed by atoms with Crippen molar-refractivity contribution in [3.63, 3.8) is 0 Å². The third kappa shape index (κ3) is 3.33. The van der Waals surface area contributed by atoms with E-state index in [1.54, 1.807) is 0 Å². The van der Waals surface area contributed by atoms with Gasteiger partial charge in [-0.3, -0.25) is 9.59 Å². The van der Waals surface area contributed by atoms with Crippen molar-refractivity contribution in [2.45, 2.75) is 39.2 Å². The van der Waals surface area contributed by atoms with Gasteiger partial charge in [0, 0.05) is 38.5 Å². The SMILES string of the molecule is CC(C)C1CN(C(=O)CCN2CCCC2=O)c2ccccc2N1. The van der Waals surface area contributed by atoms with E-state index in [9.17, 15) is 9.59 Å². The van der Waals surface area contributed by atoms with E-state index < -0.39 is 0 Å². The van der Waals surface area contributed by atoms with Gasteiger partial charge in [-0.05, 0) is 24.5 Å². The van der Waals surface area contributed by atoms with Gasteiger partial charge < -0.3 is 15.1 Å². The van der Waals surface area contributed by atoms with Gasteiger partial charge in [-0.15, -0.1) is 0 Å². The van der Waals surface area contributed by atoms with Crippen molar-refractivity contribution in [3.05, 3.63) is 24.3 Å². The molecule has 1 unspecified atom stereocenters. The number of hydrogen-bond acceptors (Lipinski definition) is 3. The van der Waals surface area contributed by atoms with E-state index in [1.165, 1.54) is 0 Å². The molecular weight excluding hydrogens is 290 g/mol. The Balaban J connectivity index is 1.72. The van der Waals surface area contributed by atoms with E-state index >= 15 is 0 Å². The van der Waals surface area contributed by atoms with Gasteiger partial charge in [-0.2, -0.15) is 0 Å². The second-order valence-corrected chi connectivity index (χ2v) is 6.75. The zero-order chi connectivity index (χ0) is 16.4. The highest BCUT2D eigenvalue weighted by Gasteiger charge is 2.30. The molecule has 5 nitrogen and oxygen atoms in total. The largest absolute Gasteiger partial charge is 0.379 e. The Morgan fingerprint density at radius 2 is 2.13 bits per heavy atom. The summed E-state index contributed by atoms with van der Waals surface area (Å²) in [6, 6.07) is 8.20. The first-order valence-electron chi connectivity index (χ1n) is 8.50. The summed E-state index contributed by atoms with van der Waals surface area (Å²) in [5.74, 6) is 0.724. The van der Waals surface area contributed by atoms with Gasteiger partial charge in [-0.1, -0.05) is 26.0 Å². The first-order valence-corrected chi connectivity index (χ1v) is 8.50. The lowest BCUT2D eigenvalue weighted by molar-refractivity contribution is -0.128. The highest BCUT2D eigenvalue weighted by Crippen LogP contribution is 2.32. The van der Waals surface area contributed by atoms with Crippen LogP contribution in [0.15, 0.2) is 24.3 Å². The second-order valence-electron chi connectivity index (χ2n) is 6.75. The molecule has 0 spiro atoms. The zero-order valence-corrected chi connectivity index (χ0v) is 13.9. The number of fused-ring (bicyclic) bond motifs is 1. The molecular formula is C18H25N3O2. The molecule has 1 aromatic rings. The molecule has 0 bridgehead atoms. The maximum atomic E-state index is 12.8. The molecule has 2 amide bonds. The van der Waals surface area contributed by atoms with Crippen molar-refractivity contribution < 1.29 is 9.59 Å². The Labute approximate surface area is 137 Å². The lowest BCUT2D eigenvalue weighted by Crippen LogP contribution is -2.47. The van der Waals surface area contributed by atoms with E-state index in [0.717, 1.165) is 24.3 Å². The molecule has 1 aromatic carbocycles. The topological polar surface area (TPSA) is 52.7 Å². The molecule has 0 radical (unpaired) electrons. The van der Waals surface area contributed by atoms with Gasteiger partial charge in [0.05, 0.1) is 11.4 Å². The van der Waals surface area contributed by atoms with Crippen LogP contribution in [0.25, 0.3) is 0 Å². The van der Waals surface area contributed by atoms with Crippen molar-refractivity contribution in [2.24, 2.45) is 5.92 Å². The summed E-state index contributed by atoms with van der Waals surface area (Å²) in [4.78, 5) is 28.1. The van der Waals surface area contributed by atoms with Gasteiger partial charge in [0.25, 0.3) is 0 Å². The predicted molar refractivity (Wildman–Crippen MR) is 91.5 cm³/mol. The monoisotopic (exact) mass is 315 g/mol. The molecule has 1 N–H and O–H groups in total. The van der Waals surface area contributed by atoms with Gasteiger partial charge in [0.1, 0.15) is 0 Å². The fraction of sp³-hybridized carbons (Fsp3) is 0.556. The Morgan fingerprint density at radius 3 is 2.83 bits per heavy atom. The minimum Gasteiger partial charge on any atom is -0.379 e. The van der Waals surface area contributed by atoms with Gasteiger partial charge in [0.2, 0.25) is 11.8 Å². The molecule has 0 aliphatic carbocycles. The summed E-state index contributed by atoms with van der Waals surface area (Å²) >= 11 is 0. The van der Waals surface area contributed by atoms with E-state index in [0.29, 0.717) is 31.8 Å². The summed E-state index contributed by atoms with van der Waals surface area (Å²) in [7, 11) is 0. The van der Waals surface area contributed by atoms with E-state index in [-0.39, 0.29) is 17.9 Å². The van der Waals surface area contributed by atoms with Crippen molar-refractivity contribution in [1.82, 2.24) is 4.90 Å². The van der Waals surface area contributed by atoms with E-state index in [4.69, 9.17) is 0 Å². The lowest BCUT2D eigenvalue weighted by Gasteiger charge is -2.38. The summed E-state index contributed by atoms with van der Waals surface area (Å²) in [5, 5.41) is 3.53. The Kier molecular flexibility index (Phi) is 4.55. The number of carbonyl (C=O) groups excluding carboxylic acids is 2. The number of rotatable bonds is 4. The normalized spacial score (nSPS) is 20.7. The van der Waals surface area contributed by atoms with Gasteiger partial charge >= 0.3 is 0 Å². The molecule has 3 rings (SSSR count). The molecule has 0 saturated carbocycles. The van der Waals surface area contributed by atoms with Crippen molar-refractivity contribution >= 4 is 23.2 Å². The van der Waals surface area contributed by atoms with Crippen LogP contribution in [0, 0.1) is 5.92 Å². The molecule has 1 fully saturated rings. The van der Waals surface area contributed by atoms with Crippen LogP contribution in [-0.4, -0.2) is 42.4 Å². The number of para-hydroxylation sites is 2. The first-order chi connectivity index (χ1) is 11.1. The number of hydrogen-bond donors (Lipinski definition) is 1. The quantitative estimate of drug-likeness (QED) is 0.929. The maximum Gasteiger partial charge on any atom is 0.228 e. The third-order valence-corrected chi connectivity index (χ3v) is 4.79. The molecule has 23 heavy (non-hydrogen) atoms. The van der Waals surface area contributed by atoms with Crippen molar-refractivity contribution in [3.8, 4) is 0 Å². The lowest BCUT2D eigenvalue weighted by atomic mass is 9.99. The molecule has 124 valence electrons. The minimum absolute atomic E-state index is 0.101. The van der Waals surface area contributed by atoms with Crippen LogP contribution in [0.3, 0.4) is 0 Å². The van der Waals surface area contributed by atoms with Crippen LogP contribution in [0.4, 0.5) is 11.4 Å². The Hall–Kier alpha value is -2.04. The molecule has 0 aromatic heterocycles. The number of likely N-dealkylation sites (tertiary alicyclic amines) is 1. The average Bonchev–Trinajstić information content (AvgIpc) is 2.96. The first kappa shape index (κ1) is 15.8. The third-order valence-electron chi connectivity index (χ3n) is 4.79. The highest BCUT2D eigenvalue weighted by molar-refractivity contribution is 5.98. The Morgan fingerprint density at radius 1 is 1.35 bits per heavy atom. The highest BCUT2D eigenvalue weighted by atomic mass is 16.2. The minimum atomic E-state index is 0.101. The van der Waals surface area contributed by atoms with Crippen molar-refractivity contribution in [2.75, 3.05) is 29.9 Å². The molecule has 2 aliphatic rings. The second kappa shape index (κ2) is 6.60. The number of anilines is 2.